The summed E-state index contributed by atoms with van der Waals surface area (Å²) in [5.41, 5.74) is 1.67. The largest absolute Gasteiger partial charge is 0.365 e. The predicted molar refractivity (Wildman–Crippen MR) is 108 cm³/mol. The maximum Gasteiger partial charge on any atom is 0.293 e. The molecule has 0 aliphatic carbocycles. The average Bonchev–Trinajstić information content (AvgIpc) is 3.09. The molecule has 2 saturated heterocycles. The van der Waals surface area contributed by atoms with Crippen LogP contribution in [0.3, 0.4) is 0 Å². The molecule has 0 aromatic heterocycles. The summed E-state index contributed by atoms with van der Waals surface area (Å²) in [6, 6.07) is 13.8. The summed E-state index contributed by atoms with van der Waals surface area (Å²) >= 11 is 0. The minimum atomic E-state index is -0.821. The molecule has 156 valence electrons. The van der Waals surface area contributed by atoms with E-state index in [9.17, 15) is 19.7 Å². The molecule has 0 unspecified atom stereocenters. The number of benzene rings is 2. The van der Waals surface area contributed by atoms with Crippen LogP contribution in [0.4, 0.5) is 17.1 Å². The van der Waals surface area contributed by atoms with Crippen LogP contribution in [0.2, 0.25) is 0 Å². The Morgan fingerprint density at radius 1 is 1.13 bits per heavy atom. The number of anilines is 2. The minimum absolute atomic E-state index is 0.0124. The molecule has 2 aliphatic heterocycles. The van der Waals surface area contributed by atoms with Gasteiger partial charge < -0.3 is 15.1 Å². The molecule has 3 N–H and O–H groups in total. The van der Waals surface area contributed by atoms with E-state index >= 15 is 0 Å². The molecule has 30 heavy (non-hydrogen) atoms. The second kappa shape index (κ2) is 7.64. The molecule has 2 fully saturated rings. The van der Waals surface area contributed by atoms with Crippen LogP contribution in [0, 0.1) is 10.1 Å². The van der Waals surface area contributed by atoms with Gasteiger partial charge in [0.15, 0.2) is 0 Å². The quantitative estimate of drug-likeness (QED) is 0.396. The molecular weight excluding hydrogens is 390 g/mol. The van der Waals surface area contributed by atoms with Gasteiger partial charge in [-0.05, 0) is 31.0 Å². The number of carbonyl (C=O) groups excluding carboxylic acids is 2. The number of carbonyl (C=O) groups is 2. The van der Waals surface area contributed by atoms with Gasteiger partial charge in [-0.2, -0.15) is 0 Å². The van der Waals surface area contributed by atoms with Crippen molar-refractivity contribution in [2.75, 3.05) is 29.6 Å². The lowest BCUT2D eigenvalue weighted by Gasteiger charge is -2.44. The molecular formula is C20H21N5O5. The number of rotatable bonds is 4. The summed E-state index contributed by atoms with van der Waals surface area (Å²) in [6.45, 7) is 1.08. The van der Waals surface area contributed by atoms with Gasteiger partial charge in [0.2, 0.25) is 5.91 Å². The first-order valence-electron chi connectivity index (χ1n) is 9.56. The van der Waals surface area contributed by atoms with Gasteiger partial charge in [0.1, 0.15) is 11.2 Å². The zero-order valence-electron chi connectivity index (χ0n) is 16.1. The summed E-state index contributed by atoms with van der Waals surface area (Å²) in [7, 11) is 0. The Balaban J connectivity index is 1.66. The van der Waals surface area contributed by atoms with Crippen LogP contribution >= 0.6 is 0 Å². The Kier molecular flexibility index (Phi) is 5.00. The molecule has 2 aliphatic rings. The Labute approximate surface area is 172 Å². The van der Waals surface area contributed by atoms with Crippen LogP contribution in [0.5, 0.6) is 0 Å². The highest BCUT2D eigenvalue weighted by Crippen LogP contribution is 2.40. The van der Waals surface area contributed by atoms with Gasteiger partial charge in [0.05, 0.1) is 17.2 Å². The summed E-state index contributed by atoms with van der Waals surface area (Å²) in [5, 5.41) is 23.5. The van der Waals surface area contributed by atoms with E-state index in [1.165, 1.54) is 18.2 Å². The number of hydroxylamine groups is 1. The van der Waals surface area contributed by atoms with E-state index in [2.05, 4.69) is 5.32 Å². The standard InChI is InChI=1S/C20H21N5O5/c26-18(22-28)15-7-4-8-16(25(29)30)17(15)23-11-9-20(10-12-23)19(27)21-13-24(20)14-5-2-1-3-6-14/h1-8,28H,9-13H2,(H,21,27)(H,22,26). The molecule has 10 nitrogen and oxygen atoms in total. The Morgan fingerprint density at radius 2 is 1.83 bits per heavy atom. The van der Waals surface area contributed by atoms with Crippen molar-refractivity contribution in [3.05, 3.63) is 64.2 Å². The van der Waals surface area contributed by atoms with Gasteiger partial charge in [0.25, 0.3) is 11.6 Å². The number of hydrogen-bond acceptors (Lipinski definition) is 7. The van der Waals surface area contributed by atoms with Gasteiger partial charge in [-0.15, -0.1) is 0 Å². The molecule has 10 heteroatoms. The highest BCUT2D eigenvalue weighted by Gasteiger charge is 2.51. The SMILES string of the molecule is O=C(NO)c1cccc([N+](=O)[O-])c1N1CCC2(CC1)C(=O)NCN2c1ccccc1. The maximum absolute atomic E-state index is 12.8. The van der Waals surface area contributed by atoms with Crippen LogP contribution in [0.15, 0.2) is 48.5 Å². The maximum atomic E-state index is 12.8. The van der Waals surface area contributed by atoms with Crippen LogP contribution in [0.25, 0.3) is 0 Å². The van der Waals surface area contributed by atoms with Crippen molar-refractivity contribution in [3.8, 4) is 0 Å². The zero-order valence-corrected chi connectivity index (χ0v) is 16.1. The molecule has 2 aromatic carbocycles. The number of hydrogen-bond donors (Lipinski definition) is 3. The van der Waals surface area contributed by atoms with Crippen LogP contribution in [-0.4, -0.2) is 47.2 Å². The van der Waals surface area contributed by atoms with Crippen LogP contribution in [0.1, 0.15) is 23.2 Å². The van der Waals surface area contributed by atoms with Crippen molar-refractivity contribution in [1.82, 2.24) is 10.8 Å². The van der Waals surface area contributed by atoms with Crippen molar-refractivity contribution >= 4 is 28.9 Å². The van der Waals surface area contributed by atoms with Gasteiger partial charge >= 0.3 is 0 Å². The van der Waals surface area contributed by atoms with Crippen molar-refractivity contribution in [3.63, 3.8) is 0 Å². The normalized spacial score (nSPS) is 17.7. The van der Waals surface area contributed by atoms with E-state index in [0.29, 0.717) is 32.6 Å². The number of amides is 2. The van der Waals surface area contributed by atoms with E-state index in [0.717, 1.165) is 5.69 Å². The van der Waals surface area contributed by atoms with Crippen molar-refractivity contribution in [2.24, 2.45) is 0 Å². The third-order valence-electron chi connectivity index (χ3n) is 5.87. The average molecular weight is 411 g/mol. The number of nitrogens with one attached hydrogen (secondary N) is 2. The topological polar surface area (TPSA) is 128 Å². The summed E-state index contributed by atoms with van der Waals surface area (Å²) in [6.07, 6.45) is 0.861. The van der Waals surface area contributed by atoms with Crippen LogP contribution < -0.4 is 20.6 Å². The lowest BCUT2D eigenvalue weighted by atomic mass is 9.85. The third-order valence-corrected chi connectivity index (χ3v) is 5.87. The van der Waals surface area contributed by atoms with Crippen LogP contribution in [-0.2, 0) is 4.79 Å². The fourth-order valence-electron chi connectivity index (χ4n) is 4.39. The van der Waals surface area contributed by atoms with Crippen molar-refractivity contribution in [2.45, 2.75) is 18.4 Å². The number of nitro groups is 1. The molecule has 1 spiro atoms. The number of piperidine rings is 1. The summed E-state index contributed by atoms with van der Waals surface area (Å²) in [5.74, 6) is -0.889. The molecule has 4 rings (SSSR count). The molecule has 0 bridgehead atoms. The van der Waals surface area contributed by atoms with Gasteiger partial charge in [0, 0.05) is 24.8 Å². The summed E-state index contributed by atoms with van der Waals surface area (Å²) < 4.78 is 0. The first-order valence-corrected chi connectivity index (χ1v) is 9.56. The molecule has 2 aromatic rings. The van der Waals surface area contributed by atoms with E-state index in [-0.39, 0.29) is 22.8 Å². The number of para-hydroxylation sites is 2. The number of nitrogens with zero attached hydrogens (tertiary/aromatic N) is 3. The van der Waals surface area contributed by atoms with Crippen molar-refractivity contribution in [1.29, 1.82) is 0 Å². The molecule has 0 radical (unpaired) electrons. The molecule has 0 saturated carbocycles. The third kappa shape index (κ3) is 3.11. The fourth-order valence-corrected chi connectivity index (χ4v) is 4.39. The van der Waals surface area contributed by atoms with Gasteiger partial charge in [-0.1, -0.05) is 24.3 Å². The monoisotopic (exact) mass is 411 g/mol. The number of nitro benzene ring substituents is 1. The Bertz CT molecular complexity index is 988. The highest BCUT2D eigenvalue weighted by molar-refractivity contribution is 6.01. The Hall–Kier alpha value is -3.66. The molecule has 2 amide bonds. The van der Waals surface area contributed by atoms with Gasteiger partial charge in [-0.25, -0.2) is 5.48 Å². The first-order chi connectivity index (χ1) is 14.5. The van der Waals surface area contributed by atoms with E-state index in [1.807, 2.05) is 35.2 Å². The lowest BCUT2D eigenvalue weighted by Crippen LogP contribution is -2.56. The smallest absolute Gasteiger partial charge is 0.293 e. The molecule has 0 atom stereocenters. The lowest BCUT2D eigenvalue weighted by molar-refractivity contribution is -0.384. The fraction of sp³-hybridized carbons (Fsp3) is 0.300. The highest BCUT2D eigenvalue weighted by atomic mass is 16.6. The second-order valence-electron chi connectivity index (χ2n) is 7.32. The van der Waals surface area contributed by atoms with E-state index < -0.39 is 16.4 Å². The van der Waals surface area contributed by atoms with E-state index in [1.54, 1.807) is 10.4 Å². The summed E-state index contributed by atoms with van der Waals surface area (Å²) in [4.78, 5) is 39.7. The minimum Gasteiger partial charge on any atom is -0.365 e. The zero-order chi connectivity index (χ0) is 21.3. The first kappa shape index (κ1) is 19.6. The van der Waals surface area contributed by atoms with Gasteiger partial charge in [-0.3, -0.25) is 24.9 Å². The van der Waals surface area contributed by atoms with E-state index in [4.69, 9.17) is 5.21 Å². The Morgan fingerprint density at radius 3 is 2.47 bits per heavy atom. The predicted octanol–water partition coefficient (Wildman–Crippen LogP) is 1.65. The van der Waals surface area contributed by atoms with Crippen molar-refractivity contribution < 1.29 is 19.7 Å². The molecule has 2 heterocycles. The second-order valence-corrected chi connectivity index (χ2v) is 7.32.